The van der Waals surface area contributed by atoms with Crippen LogP contribution in [-0.2, 0) is 0 Å². The van der Waals surface area contributed by atoms with E-state index in [2.05, 4.69) is 31.0 Å². The van der Waals surface area contributed by atoms with Crippen LogP contribution in [0.4, 0.5) is 30.4 Å². The summed E-state index contributed by atoms with van der Waals surface area (Å²) in [6.45, 7) is 0. The van der Waals surface area contributed by atoms with Crippen LogP contribution in [0.5, 0.6) is 5.75 Å². The highest BCUT2D eigenvalue weighted by molar-refractivity contribution is 9.10. The molecular weight excluding hydrogens is 371 g/mol. The Morgan fingerprint density at radius 3 is 2.45 bits per heavy atom. The first-order valence-corrected chi connectivity index (χ1v) is 6.47. The molecule has 0 aliphatic carbocycles. The number of pyridine rings is 1. The van der Waals surface area contributed by atoms with Crippen LogP contribution in [-0.4, -0.2) is 16.3 Å². The van der Waals surface area contributed by atoms with E-state index < -0.39 is 17.0 Å². The molecular formula is C12H7BrF3N3O3. The fourth-order valence-electron chi connectivity index (χ4n) is 1.54. The van der Waals surface area contributed by atoms with Crippen molar-refractivity contribution in [2.24, 2.45) is 0 Å². The predicted octanol–water partition coefficient (Wildman–Crippen LogP) is 4.39. The molecule has 116 valence electrons. The van der Waals surface area contributed by atoms with Crippen molar-refractivity contribution in [3.8, 4) is 5.75 Å². The van der Waals surface area contributed by atoms with Crippen LogP contribution >= 0.6 is 15.9 Å². The third-order valence-corrected chi connectivity index (χ3v) is 2.82. The maximum absolute atomic E-state index is 12.0. The van der Waals surface area contributed by atoms with Crippen LogP contribution < -0.4 is 10.1 Å². The molecule has 0 atom stereocenters. The Morgan fingerprint density at radius 2 is 1.91 bits per heavy atom. The zero-order valence-corrected chi connectivity index (χ0v) is 12.2. The molecule has 0 bridgehead atoms. The average molecular weight is 378 g/mol. The highest BCUT2D eigenvalue weighted by Gasteiger charge is 2.31. The van der Waals surface area contributed by atoms with Gasteiger partial charge in [0.15, 0.2) is 0 Å². The molecule has 0 aliphatic heterocycles. The summed E-state index contributed by atoms with van der Waals surface area (Å²) in [7, 11) is 0. The third-order valence-electron chi connectivity index (χ3n) is 2.38. The van der Waals surface area contributed by atoms with Crippen LogP contribution in [0.3, 0.4) is 0 Å². The smallest absolute Gasteiger partial charge is 0.406 e. The molecule has 6 nitrogen and oxygen atoms in total. The minimum absolute atomic E-state index is 0.0299. The molecule has 0 aliphatic rings. The average Bonchev–Trinajstić information content (AvgIpc) is 2.41. The van der Waals surface area contributed by atoms with Crippen LogP contribution in [0.1, 0.15) is 0 Å². The molecule has 2 aromatic rings. The Balaban J connectivity index is 2.20. The third kappa shape index (κ3) is 4.32. The van der Waals surface area contributed by atoms with Gasteiger partial charge in [0.25, 0.3) is 0 Å². The van der Waals surface area contributed by atoms with Gasteiger partial charge in [-0.3, -0.25) is 10.1 Å². The lowest BCUT2D eigenvalue weighted by Gasteiger charge is -2.10. The number of halogens is 4. The number of nitrogens with zero attached hydrogens (tertiary/aromatic N) is 2. The van der Waals surface area contributed by atoms with E-state index in [0.717, 1.165) is 12.1 Å². The van der Waals surface area contributed by atoms with Crippen molar-refractivity contribution in [2.75, 3.05) is 5.32 Å². The number of hydrogen-bond acceptors (Lipinski definition) is 5. The monoisotopic (exact) mass is 377 g/mol. The van der Waals surface area contributed by atoms with E-state index in [0.29, 0.717) is 10.2 Å². The second-order valence-corrected chi connectivity index (χ2v) is 4.89. The van der Waals surface area contributed by atoms with Crippen molar-refractivity contribution in [3.63, 3.8) is 0 Å². The van der Waals surface area contributed by atoms with Crippen LogP contribution in [0.2, 0.25) is 0 Å². The van der Waals surface area contributed by atoms with Crippen molar-refractivity contribution >= 4 is 33.1 Å². The molecule has 1 aromatic carbocycles. The number of alkyl halides is 3. The number of aromatic nitrogens is 1. The number of rotatable bonds is 4. The van der Waals surface area contributed by atoms with Crippen molar-refractivity contribution in [2.45, 2.75) is 6.36 Å². The molecule has 0 saturated carbocycles. The molecule has 0 spiro atoms. The molecule has 0 amide bonds. The molecule has 1 N–H and O–H groups in total. The summed E-state index contributed by atoms with van der Waals surface area (Å²) in [5.74, 6) is -0.422. The quantitative estimate of drug-likeness (QED) is 0.631. The van der Waals surface area contributed by atoms with E-state index in [-0.39, 0.29) is 11.5 Å². The summed E-state index contributed by atoms with van der Waals surface area (Å²) < 4.78 is 40.3. The van der Waals surface area contributed by atoms with E-state index >= 15 is 0 Å². The Labute approximate surface area is 130 Å². The Bertz CT molecular complexity index is 692. The minimum atomic E-state index is -4.78. The predicted molar refractivity (Wildman–Crippen MR) is 75.0 cm³/mol. The summed E-state index contributed by atoms with van der Waals surface area (Å²) in [4.78, 5) is 14.2. The first-order valence-electron chi connectivity index (χ1n) is 5.67. The van der Waals surface area contributed by atoms with E-state index in [1.165, 1.54) is 24.4 Å². The van der Waals surface area contributed by atoms with Gasteiger partial charge < -0.3 is 10.1 Å². The number of anilines is 2. The fraction of sp³-hybridized carbons (Fsp3) is 0.0833. The van der Waals surface area contributed by atoms with Crippen molar-refractivity contribution < 1.29 is 22.8 Å². The largest absolute Gasteiger partial charge is 0.573 e. The highest BCUT2D eigenvalue weighted by atomic mass is 79.9. The van der Waals surface area contributed by atoms with Gasteiger partial charge in [0.2, 0.25) is 5.82 Å². The van der Waals surface area contributed by atoms with E-state index in [1.807, 2.05) is 0 Å². The van der Waals surface area contributed by atoms with Gasteiger partial charge in [-0.05, 0) is 40.2 Å². The van der Waals surface area contributed by atoms with E-state index in [1.54, 1.807) is 0 Å². The van der Waals surface area contributed by atoms with Gasteiger partial charge in [0, 0.05) is 22.4 Å². The second-order valence-electron chi connectivity index (χ2n) is 3.98. The van der Waals surface area contributed by atoms with Crippen molar-refractivity contribution in [1.82, 2.24) is 4.98 Å². The van der Waals surface area contributed by atoms with Crippen LogP contribution in [0, 0.1) is 10.1 Å². The van der Waals surface area contributed by atoms with Crippen LogP contribution in [0.15, 0.2) is 41.0 Å². The number of nitrogens with one attached hydrogen (secondary N) is 1. The fourth-order valence-corrected chi connectivity index (χ4v) is 1.86. The molecule has 0 fully saturated rings. The second kappa shape index (κ2) is 6.18. The SMILES string of the molecule is O=[N+]([O-])c1cc(Br)cnc1Nc1ccc(OC(F)(F)F)cc1. The van der Waals surface area contributed by atoms with Gasteiger partial charge in [0.05, 0.1) is 4.92 Å². The Hall–Kier alpha value is -2.36. The van der Waals surface area contributed by atoms with Gasteiger partial charge in [0.1, 0.15) is 5.75 Å². The minimum Gasteiger partial charge on any atom is -0.406 e. The maximum atomic E-state index is 12.0. The van der Waals surface area contributed by atoms with E-state index in [9.17, 15) is 23.3 Å². The van der Waals surface area contributed by atoms with Gasteiger partial charge >= 0.3 is 12.0 Å². The van der Waals surface area contributed by atoms with Crippen molar-refractivity contribution in [3.05, 3.63) is 51.1 Å². The highest BCUT2D eigenvalue weighted by Crippen LogP contribution is 2.29. The number of ether oxygens (including phenoxy) is 1. The molecule has 1 heterocycles. The van der Waals surface area contributed by atoms with Crippen LogP contribution in [0.25, 0.3) is 0 Å². The molecule has 0 unspecified atom stereocenters. The molecule has 1 aromatic heterocycles. The van der Waals surface area contributed by atoms with Gasteiger partial charge in [-0.25, -0.2) is 4.98 Å². The summed E-state index contributed by atoms with van der Waals surface area (Å²) >= 11 is 3.07. The molecule has 0 radical (unpaired) electrons. The van der Waals surface area contributed by atoms with Gasteiger partial charge in [-0.1, -0.05) is 0 Å². The topological polar surface area (TPSA) is 77.3 Å². The molecule has 0 saturated heterocycles. The summed E-state index contributed by atoms with van der Waals surface area (Å²) in [6, 6.07) is 6.00. The standard InChI is InChI=1S/C12H7BrF3N3O3/c13-7-5-10(19(20)21)11(17-6-7)18-8-1-3-9(4-2-8)22-12(14,15)16/h1-6H,(H,17,18). The number of nitro groups is 1. The molecule has 10 heteroatoms. The first-order chi connectivity index (χ1) is 10.2. The number of hydrogen-bond donors (Lipinski definition) is 1. The van der Waals surface area contributed by atoms with Gasteiger partial charge in [-0.2, -0.15) is 0 Å². The number of benzene rings is 1. The summed E-state index contributed by atoms with van der Waals surface area (Å²) in [5, 5.41) is 13.6. The zero-order valence-electron chi connectivity index (χ0n) is 10.6. The van der Waals surface area contributed by atoms with Crippen molar-refractivity contribution in [1.29, 1.82) is 0 Å². The Morgan fingerprint density at radius 1 is 1.27 bits per heavy atom. The summed E-state index contributed by atoms with van der Waals surface area (Å²) in [5.41, 5.74) is 0.0532. The molecule has 2 rings (SSSR count). The van der Waals surface area contributed by atoms with Gasteiger partial charge in [-0.15, -0.1) is 13.2 Å². The summed E-state index contributed by atoms with van der Waals surface area (Å²) in [6.07, 6.45) is -3.42. The zero-order chi connectivity index (χ0) is 16.3. The Kier molecular flexibility index (Phi) is 4.50. The lowest BCUT2D eigenvalue weighted by atomic mass is 10.3. The maximum Gasteiger partial charge on any atom is 0.573 e. The van der Waals surface area contributed by atoms with E-state index in [4.69, 9.17) is 0 Å². The first kappa shape index (κ1) is 16.0. The normalized spacial score (nSPS) is 11.1. The lowest BCUT2D eigenvalue weighted by molar-refractivity contribution is -0.384. The lowest BCUT2D eigenvalue weighted by Crippen LogP contribution is -2.16. The molecule has 22 heavy (non-hydrogen) atoms.